The van der Waals surface area contributed by atoms with Crippen molar-refractivity contribution >= 4 is 44.8 Å². The van der Waals surface area contributed by atoms with Gasteiger partial charge in [0.2, 0.25) is 10.0 Å². The Morgan fingerprint density at radius 1 is 1.19 bits per heavy atom. The molecule has 0 aliphatic rings. The minimum atomic E-state index is -3.80. The van der Waals surface area contributed by atoms with E-state index in [0.29, 0.717) is 0 Å². The van der Waals surface area contributed by atoms with Crippen molar-refractivity contribution in [3.63, 3.8) is 0 Å². The van der Waals surface area contributed by atoms with Gasteiger partial charge in [-0.1, -0.05) is 34.8 Å². The molecular formula is C12H12Cl3N3O2S. The van der Waals surface area contributed by atoms with Gasteiger partial charge in [0.25, 0.3) is 0 Å². The minimum absolute atomic E-state index is 0.0137. The van der Waals surface area contributed by atoms with Crippen molar-refractivity contribution in [3.05, 3.63) is 44.7 Å². The Kier molecular flexibility index (Phi) is 4.85. The molecule has 1 heterocycles. The van der Waals surface area contributed by atoms with Crippen LogP contribution < -0.4 is 4.72 Å². The summed E-state index contributed by atoms with van der Waals surface area (Å²) < 4.78 is 28.7. The van der Waals surface area contributed by atoms with Gasteiger partial charge in [0.15, 0.2) is 0 Å². The van der Waals surface area contributed by atoms with E-state index in [1.54, 1.807) is 17.9 Å². The molecule has 0 saturated heterocycles. The first kappa shape index (κ1) is 16.6. The van der Waals surface area contributed by atoms with Crippen molar-refractivity contribution in [1.82, 2.24) is 14.5 Å². The van der Waals surface area contributed by atoms with Gasteiger partial charge >= 0.3 is 0 Å². The number of nitrogens with one attached hydrogen (secondary N) is 1. The molecule has 2 aromatic rings. The van der Waals surface area contributed by atoms with E-state index < -0.39 is 10.0 Å². The number of sulfonamides is 1. The molecule has 0 spiro atoms. The number of hydrogen-bond donors (Lipinski definition) is 1. The van der Waals surface area contributed by atoms with E-state index in [-0.39, 0.29) is 26.5 Å². The van der Waals surface area contributed by atoms with Crippen LogP contribution in [0.5, 0.6) is 0 Å². The van der Waals surface area contributed by atoms with E-state index in [2.05, 4.69) is 9.82 Å². The predicted molar refractivity (Wildman–Crippen MR) is 83.4 cm³/mol. The smallest absolute Gasteiger partial charge is 0.242 e. The SMILES string of the molecule is Cc1c(CNS(=O)(=O)c2cc(Cl)c(Cl)cc2Cl)cnn1C. The van der Waals surface area contributed by atoms with Gasteiger partial charge in [0, 0.05) is 24.8 Å². The summed E-state index contributed by atoms with van der Waals surface area (Å²) in [6.07, 6.45) is 1.61. The molecule has 1 N–H and O–H groups in total. The molecule has 2 rings (SSSR count). The third-order valence-corrected chi connectivity index (χ3v) is 5.64. The molecule has 1 aromatic carbocycles. The Hall–Kier alpha value is -0.790. The Bertz CT molecular complexity index is 787. The lowest BCUT2D eigenvalue weighted by molar-refractivity contribution is 0.581. The zero-order valence-electron chi connectivity index (χ0n) is 11.2. The summed E-state index contributed by atoms with van der Waals surface area (Å²) in [7, 11) is -2.02. The van der Waals surface area contributed by atoms with Crippen LogP contribution in [-0.2, 0) is 23.6 Å². The van der Waals surface area contributed by atoms with E-state index in [4.69, 9.17) is 34.8 Å². The van der Waals surface area contributed by atoms with Crippen molar-refractivity contribution in [2.75, 3.05) is 0 Å². The topological polar surface area (TPSA) is 64.0 Å². The predicted octanol–water partition coefficient (Wildman–Crippen LogP) is 3.17. The summed E-state index contributed by atoms with van der Waals surface area (Å²) in [6, 6.07) is 2.53. The molecule has 0 fully saturated rings. The molecule has 1 aromatic heterocycles. The summed E-state index contributed by atoms with van der Waals surface area (Å²) in [6.45, 7) is 1.96. The Morgan fingerprint density at radius 2 is 1.81 bits per heavy atom. The number of benzene rings is 1. The van der Waals surface area contributed by atoms with Crippen LogP contribution in [0, 0.1) is 6.92 Å². The summed E-state index contributed by atoms with van der Waals surface area (Å²) in [5.74, 6) is 0. The number of nitrogens with zero attached hydrogens (tertiary/aromatic N) is 2. The lowest BCUT2D eigenvalue weighted by Gasteiger charge is -2.09. The van der Waals surface area contributed by atoms with E-state index in [1.165, 1.54) is 12.1 Å². The quantitative estimate of drug-likeness (QED) is 0.843. The third-order valence-electron chi connectivity index (χ3n) is 3.05. The summed E-state index contributed by atoms with van der Waals surface area (Å²) in [5, 5.41) is 4.39. The molecule has 0 aliphatic carbocycles. The Balaban J connectivity index is 2.27. The molecule has 0 unspecified atom stereocenters. The second kappa shape index (κ2) is 6.14. The molecule has 0 amide bonds. The zero-order chi connectivity index (χ0) is 15.8. The summed E-state index contributed by atoms with van der Waals surface area (Å²) in [4.78, 5) is -0.111. The van der Waals surface area contributed by atoms with E-state index in [0.717, 1.165) is 11.3 Å². The second-order valence-corrected chi connectivity index (χ2v) is 7.36. The maximum Gasteiger partial charge on any atom is 0.242 e. The summed E-state index contributed by atoms with van der Waals surface area (Å²) in [5.41, 5.74) is 1.65. The van der Waals surface area contributed by atoms with Crippen LogP contribution in [0.2, 0.25) is 15.1 Å². The normalized spacial score (nSPS) is 11.9. The first-order valence-corrected chi connectivity index (χ1v) is 8.46. The van der Waals surface area contributed by atoms with Gasteiger partial charge < -0.3 is 0 Å². The molecule has 0 atom stereocenters. The van der Waals surface area contributed by atoms with Gasteiger partial charge in [-0.3, -0.25) is 4.68 Å². The van der Waals surface area contributed by atoms with E-state index in [9.17, 15) is 8.42 Å². The van der Waals surface area contributed by atoms with Crippen LogP contribution in [0.25, 0.3) is 0 Å². The van der Waals surface area contributed by atoms with Crippen molar-refractivity contribution in [1.29, 1.82) is 0 Å². The van der Waals surface area contributed by atoms with Gasteiger partial charge in [-0.25, -0.2) is 13.1 Å². The maximum atomic E-state index is 12.3. The minimum Gasteiger partial charge on any atom is -0.273 e. The zero-order valence-corrected chi connectivity index (χ0v) is 14.3. The number of hydrogen-bond acceptors (Lipinski definition) is 3. The van der Waals surface area contributed by atoms with Crippen LogP contribution in [0.1, 0.15) is 11.3 Å². The maximum absolute atomic E-state index is 12.3. The number of aromatic nitrogens is 2. The van der Waals surface area contributed by atoms with Gasteiger partial charge in [0.1, 0.15) is 4.90 Å². The molecule has 5 nitrogen and oxygen atoms in total. The van der Waals surface area contributed by atoms with E-state index >= 15 is 0 Å². The van der Waals surface area contributed by atoms with Crippen LogP contribution in [0.3, 0.4) is 0 Å². The van der Waals surface area contributed by atoms with Gasteiger partial charge in [0.05, 0.1) is 21.3 Å². The van der Waals surface area contributed by atoms with Gasteiger partial charge in [-0.2, -0.15) is 5.10 Å². The largest absolute Gasteiger partial charge is 0.273 e. The molecule has 0 aliphatic heterocycles. The molecule has 9 heteroatoms. The fraction of sp³-hybridized carbons (Fsp3) is 0.250. The third kappa shape index (κ3) is 3.52. The molecule has 0 bridgehead atoms. The van der Waals surface area contributed by atoms with Crippen molar-refractivity contribution in [3.8, 4) is 0 Å². The monoisotopic (exact) mass is 367 g/mol. The van der Waals surface area contributed by atoms with Crippen LogP contribution in [-0.4, -0.2) is 18.2 Å². The standard InChI is InChI=1S/C12H12Cl3N3O2S/c1-7-8(5-16-18(7)2)6-17-21(19,20)12-4-10(14)9(13)3-11(12)15/h3-5,17H,6H2,1-2H3. The van der Waals surface area contributed by atoms with Gasteiger partial charge in [-0.15, -0.1) is 0 Å². The molecule has 21 heavy (non-hydrogen) atoms. The van der Waals surface area contributed by atoms with Crippen molar-refractivity contribution < 1.29 is 8.42 Å². The first-order valence-electron chi connectivity index (χ1n) is 5.84. The molecule has 0 saturated carbocycles. The van der Waals surface area contributed by atoms with Crippen LogP contribution >= 0.6 is 34.8 Å². The van der Waals surface area contributed by atoms with Crippen molar-refractivity contribution in [2.45, 2.75) is 18.4 Å². The lowest BCUT2D eigenvalue weighted by Crippen LogP contribution is -2.23. The van der Waals surface area contributed by atoms with Crippen LogP contribution in [0.4, 0.5) is 0 Å². The fourth-order valence-corrected chi connectivity index (χ4v) is 3.68. The molecule has 0 radical (unpaired) electrons. The first-order chi connectivity index (χ1) is 9.72. The lowest BCUT2D eigenvalue weighted by atomic mass is 10.3. The second-order valence-electron chi connectivity index (χ2n) is 4.40. The highest BCUT2D eigenvalue weighted by molar-refractivity contribution is 7.89. The average molecular weight is 369 g/mol. The molecular weight excluding hydrogens is 357 g/mol. The summed E-state index contributed by atoms with van der Waals surface area (Å²) >= 11 is 17.6. The molecule has 114 valence electrons. The number of rotatable bonds is 4. The number of aryl methyl sites for hydroxylation is 1. The van der Waals surface area contributed by atoms with Crippen molar-refractivity contribution in [2.24, 2.45) is 7.05 Å². The highest BCUT2D eigenvalue weighted by atomic mass is 35.5. The number of halogens is 3. The highest BCUT2D eigenvalue weighted by Crippen LogP contribution is 2.31. The Labute approximate surface area is 137 Å². The van der Waals surface area contributed by atoms with E-state index in [1.807, 2.05) is 6.92 Å². The van der Waals surface area contributed by atoms with Gasteiger partial charge in [-0.05, 0) is 19.1 Å². The fourth-order valence-electron chi connectivity index (χ4n) is 1.68. The highest BCUT2D eigenvalue weighted by Gasteiger charge is 2.20. The van der Waals surface area contributed by atoms with Crippen LogP contribution in [0.15, 0.2) is 23.2 Å². The Morgan fingerprint density at radius 3 is 2.38 bits per heavy atom. The average Bonchev–Trinajstić information content (AvgIpc) is 2.72.